The Morgan fingerprint density at radius 3 is 2.18 bits per heavy atom. The highest BCUT2D eigenvalue weighted by molar-refractivity contribution is 7.86. The van der Waals surface area contributed by atoms with Gasteiger partial charge in [0.05, 0.1) is 6.26 Å². The molecule has 5 heteroatoms. The van der Waals surface area contributed by atoms with Gasteiger partial charge in [-0.2, -0.15) is 8.42 Å². The summed E-state index contributed by atoms with van der Waals surface area (Å²) in [6.45, 7) is 7.40. The lowest BCUT2D eigenvalue weighted by atomic mass is 9.84. The second kappa shape index (κ2) is 4.22. The first-order chi connectivity index (χ1) is 7.52. The zero-order valence-corrected chi connectivity index (χ0v) is 11.6. The van der Waals surface area contributed by atoms with Crippen LogP contribution in [0.5, 0.6) is 11.5 Å². The molecular formula is C12H18O4S. The van der Waals surface area contributed by atoms with Crippen LogP contribution in [0.15, 0.2) is 12.1 Å². The molecule has 0 saturated carbocycles. The van der Waals surface area contributed by atoms with E-state index in [0.29, 0.717) is 11.1 Å². The monoisotopic (exact) mass is 258 g/mol. The first-order valence-corrected chi connectivity index (χ1v) is 7.06. The number of hydrogen-bond donors (Lipinski definition) is 1. The molecule has 0 heterocycles. The van der Waals surface area contributed by atoms with Gasteiger partial charge in [-0.15, -0.1) is 0 Å². The first kappa shape index (κ1) is 13.8. The van der Waals surface area contributed by atoms with E-state index in [-0.39, 0.29) is 11.5 Å². The van der Waals surface area contributed by atoms with Gasteiger partial charge in [-0.3, -0.25) is 0 Å². The lowest BCUT2D eigenvalue weighted by Gasteiger charge is -2.24. The Kier molecular flexibility index (Phi) is 3.43. The zero-order valence-electron chi connectivity index (χ0n) is 10.7. The molecule has 1 N–H and O–H groups in total. The smallest absolute Gasteiger partial charge is 0.306 e. The molecule has 17 heavy (non-hydrogen) atoms. The summed E-state index contributed by atoms with van der Waals surface area (Å²) in [6.07, 6.45) is 0.989. The molecular weight excluding hydrogens is 240 g/mol. The summed E-state index contributed by atoms with van der Waals surface area (Å²) in [7, 11) is -3.61. The average molecular weight is 258 g/mol. The van der Waals surface area contributed by atoms with Gasteiger partial charge in [-0.05, 0) is 24.0 Å². The quantitative estimate of drug-likeness (QED) is 0.827. The van der Waals surface area contributed by atoms with E-state index in [1.165, 1.54) is 0 Å². The first-order valence-electron chi connectivity index (χ1n) is 5.25. The number of aromatic hydroxyl groups is 1. The number of aryl methyl sites for hydroxylation is 1. The van der Waals surface area contributed by atoms with Gasteiger partial charge in [0.25, 0.3) is 0 Å². The Morgan fingerprint density at radius 1 is 1.24 bits per heavy atom. The maximum absolute atomic E-state index is 11.2. The summed E-state index contributed by atoms with van der Waals surface area (Å²) in [5.41, 5.74) is 0.775. The molecule has 96 valence electrons. The second-order valence-corrected chi connectivity index (χ2v) is 6.72. The van der Waals surface area contributed by atoms with Crippen molar-refractivity contribution < 1.29 is 17.7 Å². The van der Waals surface area contributed by atoms with E-state index in [2.05, 4.69) is 0 Å². The summed E-state index contributed by atoms with van der Waals surface area (Å²) >= 11 is 0. The maximum atomic E-state index is 11.2. The number of hydrogen-bond acceptors (Lipinski definition) is 4. The van der Waals surface area contributed by atoms with E-state index in [1.807, 2.05) is 20.8 Å². The molecule has 0 radical (unpaired) electrons. The summed E-state index contributed by atoms with van der Waals surface area (Å²) in [6, 6.07) is 3.18. The van der Waals surface area contributed by atoms with Crippen LogP contribution in [0.4, 0.5) is 0 Å². The second-order valence-electron chi connectivity index (χ2n) is 5.14. The van der Waals surface area contributed by atoms with Crippen LogP contribution in [-0.4, -0.2) is 19.8 Å². The van der Waals surface area contributed by atoms with Gasteiger partial charge < -0.3 is 9.29 Å². The van der Waals surface area contributed by atoms with Crippen molar-refractivity contribution in [1.82, 2.24) is 0 Å². The van der Waals surface area contributed by atoms with Crippen LogP contribution in [0.25, 0.3) is 0 Å². The fourth-order valence-corrected chi connectivity index (χ4v) is 2.18. The van der Waals surface area contributed by atoms with Crippen molar-refractivity contribution in [3.05, 3.63) is 23.3 Å². The fourth-order valence-electron chi connectivity index (χ4n) is 1.66. The summed E-state index contributed by atoms with van der Waals surface area (Å²) in [5, 5.41) is 9.87. The van der Waals surface area contributed by atoms with E-state index in [9.17, 15) is 13.5 Å². The number of rotatable bonds is 2. The van der Waals surface area contributed by atoms with Crippen LogP contribution >= 0.6 is 0 Å². The lowest BCUT2D eigenvalue weighted by Crippen LogP contribution is -2.17. The Morgan fingerprint density at radius 2 is 1.76 bits per heavy atom. The van der Waals surface area contributed by atoms with E-state index < -0.39 is 15.5 Å². The molecule has 0 aliphatic carbocycles. The van der Waals surface area contributed by atoms with Gasteiger partial charge in [0.2, 0.25) is 0 Å². The van der Waals surface area contributed by atoms with Crippen molar-refractivity contribution in [2.75, 3.05) is 6.26 Å². The minimum absolute atomic E-state index is 0.0433. The highest BCUT2D eigenvalue weighted by Crippen LogP contribution is 2.40. The Hall–Kier alpha value is -1.23. The number of phenols is 1. The highest BCUT2D eigenvalue weighted by atomic mass is 32.2. The topological polar surface area (TPSA) is 63.6 Å². The highest BCUT2D eigenvalue weighted by Gasteiger charge is 2.26. The van der Waals surface area contributed by atoms with Crippen molar-refractivity contribution in [2.24, 2.45) is 0 Å². The normalized spacial score (nSPS) is 12.5. The molecule has 1 rings (SSSR count). The van der Waals surface area contributed by atoms with Gasteiger partial charge >= 0.3 is 10.1 Å². The molecule has 0 aromatic heterocycles. The minimum Gasteiger partial charge on any atom is -0.508 e. The Balaban J connectivity index is 3.52. The fraction of sp³-hybridized carbons (Fsp3) is 0.500. The van der Waals surface area contributed by atoms with Crippen LogP contribution in [0.2, 0.25) is 0 Å². The molecule has 4 nitrogen and oxygen atoms in total. The summed E-state index contributed by atoms with van der Waals surface area (Å²) < 4.78 is 27.5. The predicted molar refractivity (Wildman–Crippen MR) is 67.0 cm³/mol. The van der Waals surface area contributed by atoms with E-state index in [4.69, 9.17) is 4.18 Å². The van der Waals surface area contributed by atoms with Crippen molar-refractivity contribution in [1.29, 1.82) is 0 Å². The Labute approximate surface area is 102 Å². The summed E-state index contributed by atoms with van der Waals surface area (Å²) in [4.78, 5) is 0. The van der Waals surface area contributed by atoms with Crippen molar-refractivity contribution in [2.45, 2.75) is 33.1 Å². The van der Waals surface area contributed by atoms with E-state index >= 15 is 0 Å². The molecule has 0 aliphatic rings. The van der Waals surface area contributed by atoms with Gasteiger partial charge in [0, 0.05) is 5.56 Å². The van der Waals surface area contributed by atoms with Crippen molar-refractivity contribution >= 4 is 10.1 Å². The van der Waals surface area contributed by atoms with Crippen LogP contribution in [-0.2, 0) is 15.5 Å². The SMILES string of the molecule is Cc1ccc(O)c(C(C)(C)C)c1OS(C)(=O)=O. The van der Waals surface area contributed by atoms with E-state index in [0.717, 1.165) is 6.26 Å². The number of phenolic OH excluding ortho intramolecular Hbond substituents is 1. The average Bonchev–Trinajstić information content (AvgIpc) is 2.06. The zero-order chi connectivity index (χ0) is 13.4. The van der Waals surface area contributed by atoms with E-state index in [1.54, 1.807) is 19.1 Å². The van der Waals surface area contributed by atoms with Gasteiger partial charge in [-0.25, -0.2) is 0 Å². The van der Waals surface area contributed by atoms with Crippen LogP contribution in [0, 0.1) is 6.92 Å². The molecule has 0 amide bonds. The van der Waals surface area contributed by atoms with Crippen molar-refractivity contribution in [3.8, 4) is 11.5 Å². The Bertz CT molecular complexity index is 524. The van der Waals surface area contributed by atoms with Gasteiger partial charge in [-0.1, -0.05) is 26.8 Å². The van der Waals surface area contributed by atoms with Gasteiger partial charge in [0.1, 0.15) is 5.75 Å². The summed E-state index contributed by atoms with van der Waals surface area (Å²) in [5.74, 6) is 0.266. The molecule has 0 bridgehead atoms. The largest absolute Gasteiger partial charge is 0.508 e. The third-order valence-electron chi connectivity index (χ3n) is 2.32. The third-order valence-corrected chi connectivity index (χ3v) is 2.79. The third kappa shape index (κ3) is 3.36. The molecule has 0 aliphatic heterocycles. The standard InChI is InChI=1S/C12H18O4S/c1-8-6-7-9(13)10(12(2,3)4)11(8)16-17(5,14)15/h6-7,13H,1-5H3. The molecule has 0 unspecified atom stereocenters. The van der Waals surface area contributed by atoms with Crippen LogP contribution in [0.1, 0.15) is 31.9 Å². The number of benzene rings is 1. The maximum Gasteiger partial charge on any atom is 0.306 e. The molecule has 1 aromatic rings. The molecule has 0 fully saturated rings. The molecule has 0 atom stereocenters. The minimum atomic E-state index is -3.61. The molecule has 1 aromatic carbocycles. The van der Waals surface area contributed by atoms with Gasteiger partial charge in [0.15, 0.2) is 5.75 Å². The van der Waals surface area contributed by atoms with Crippen LogP contribution < -0.4 is 4.18 Å². The predicted octanol–water partition coefficient (Wildman–Crippen LogP) is 2.34. The van der Waals surface area contributed by atoms with Crippen molar-refractivity contribution in [3.63, 3.8) is 0 Å². The van der Waals surface area contributed by atoms with Crippen LogP contribution in [0.3, 0.4) is 0 Å². The lowest BCUT2D eigenvalue weighted by molar-refractivity contribution is 0.428. The molecule has 0 spiro atoms. The molecule has 0 saturated heterocycles.